The van der Waals surface area contributed by atoms with Gasteiger partial charge in [-0.05, 0) is 11.6 Å². The Balaban J connectivity index is 2.69. The smallest absolute Gasteiger partial charge is 0.299 e. The first kappa shape index (κ1) is 8.29. The molecule has 12 heavy (non-hydrogen) atoms. The summed E-state index contributed by atoms with van der Waals surface area (Å²) >= 11 is 0. The van der Waals surface area contributed by atoms with E-state index in [9.17, 15) is 4.79 Å². The molecule has 0 N–H and O–H groups in total. The van der Waals surface area contributed by atoms with Crippen LogP contribution in [0.3, 0.4) is 0 Å². The molecule has 0 aliphatic heterocycles. The molecule has 1 heterocycles. The lowest BCUT2D eigenvalue weighted by Gasteiger charge is -1.98. The van der Waals surface area contributed by atoms with Crippen LogP contribution in [0, 0.1) is 0 Å². The largest absolute Gasteiger partial charge is 0.347 e. The molecular formula is C6H7N5O. The first-order valence-electron chi connectivity index (χ1n) is 3.37. The summed E-state index contributed by atoms with van der Waals surface area (Å²) in [5.74, 6) is 0. The van der Waals surface area contributed by atoms with E-state index in [4.69, 9.17) is 5.53 Å². The third kappa shape index (κ3) is 2.10. The van der Waals surface area contributed by atoms with E-state index in [1.165, 1.54) is 10.8 Å². The van der Waals surface area contributed by atoms with Crippen LogP contribution in [-0.2, 0) is 6.54 Å². The Labute approximate surface area is 68.1 Å². The first-order chi connectivity index (χ1) is 5.84. The van der Waals surface area contributed by atoms with E-state index in [1.54, 1.807) is 12.3 Å². The molecule has 6 heteroatoms. The minimum absolute atomic E-state index is 0.266. The van der Waals surface area contributed by atoms with E-state index in [0.717, 1.165) is 0 Å². The SMILES string of the molecule is [N-]=[N+]=NCCn1cccnc1=O. The Morgan fingerprint density at radius 3 is 3.25 bits per heavy atom. The number of hydrogen-bond donors (Lipinski definition) is 0. The minimum atomic E-state index is -0.328. The van der Waals surface area contributed by atoms with Gasteiger partial charge in [0.2, 0.25) is 0 Å². The predicted octanol–water partition coefficient (Wildman–Crippen LogP) is 0.554. The number of rotatable bonds is 3. The van der Waals surface area contributed by atoms with E-state index in [2.05, 4.69) is 15.0 Å². The zero-order chi connectivity index (χ0) is 8.81. The number of hydrogen-bond acceptors (Lipinski definition) is 3. The van der Waals surface area contributed by atoms with Gasteiger partial charge in [0.25, 0.3) is 0 Å². The van der Waals surface area contributed by atoms with Crippen LogP contribution in [0.4, 0.5) is 0 Å². The zero-order valence-corrected chi connectivity index (χ0v) is 6.29. The minimum Gasteiger partial charge on any atom is -0.299 e. The van der Waals surface area contributed by atoms with Crippen molar-refractivity contribution < 1.29 is 0 Å². The van der Waals surface area contributed by atoms with Crippen molar-refractivity contribution in [1.29, 1.82) is 0 Å². The molecule has 1 aromatic rings. The van der Waals surface area contributed by atoms with Crippen LogP contribution in [0.1, 0.15) is 0 Å². The van der Waals surface area contributed by atoms with Gasteiger partial charge in [-0.1, -0.05) is 5.11 Å². The summed E-state index contributed by atoms with van der Waals surface area (Å²) in [6, 6.07) is 1.65. The summed E-state index contributed by atoms with van der Waals surface area (Å²) in [6.45, 7) is 0.638. The second-order valence-electron chi connectivity index (χ2n) is 2.05. The quantitative estimate of drug-likeness (QED) is 0.372. The van der Waals surface area contributed by atoms with Crippen LogP contribution in [-0.4, -0.2) is 16.1 Å². The predicted molar refractivity (Wildman–Crippen MR) is 42.5 cm³/mol. The van der Waals surface area contributed by atoms with Crippen molar-refractivity contribution in [3.63, 3.8) is 0 Å². The molecule has 1 aromatic heterocycles. The lowest BCUT2D eigenvalue weighted by molar-refractivity contribution is 0.658. The second kappa shape index (κ2) is 4.15. The molecule has 6 nitrogen and oxygen atoms in total. The molecule has 0 atom stereocenters. The van der Waals surface area contributed by atoms with E-state index in [0.29, 0.717) is 6.54 Å². The molecule has 1 rings (SSSR count). The highest BCUT2D eigenvalue weighted by molar-refractivity contribution is 4.80. The normalized spacial score (nSPS) is 9.00. The van der Waals surface area contributed by atoms with E-state index >= 15 is 0 Å². The molecule has 0 fully saturated rings. The van der Waals surface area contributed by atoms with E-state index in [-0.39, 0.29) is 12.2 Å². The molecular weight excluding hydrogens is 158 g/mol. The lowest BCUT2D eigenvalue weighted by Crippen LogP contribution is -2.22. The van der Waals surface area contributed by atoms with Gasteiger partial charge in [-0.3, -0.25) is 4.57 Å². The van der Waals surface area contributed by atoms with Gasteiger partial charge >= 0.3 is 5.69 Å². The van der Waals surface area contributed by atoms with Gasteiger partial charge in [0, 0.05) is 30.4 Å². The lowest BCUT2D eigenvalue weighted by atomic mass is 10.6. The van der Waals surface area contributed by atoms with Crippen LogP contribution in [0.25, 0.3) is 10.4 Å². The van der Waals surface area contributed by atoms with E-state index in [1.807, 2.05) is 0 Å². The van der Waals surface area contributed by atoms with Gasteiger partial charge in [0.1, 0.15) is 0 Å². The maximum Gasteiger partial charge on any atom is 0.347 e. The maximum absolute atomic E-state index is 10.9. The Bertz CT molecular complexity index is 351. The van der Waals surface area contributed by atoms with Crippen molar-refractivity contribution in [2.75, 3.05) is 6.54 Å². The van der Waals surface area contributed by atoms with Gasteiger partial charge in [0.05, 0.1) is 0 Å². The van der Waals surface area contributed by atoms with Crippen molar-refractivity contribution in [3.05, 3.63) is 39.4 Å². The third-order valence-electron chi connectivity index (χ3n) is 1.29. The van der Waals surface area contributed by atoms with Crippen molar-refractivity contribution in [1.82, 2.24) is 9.55 Å². The summed E-state index contributed by atoms with van der Waals surface area (Å²) in [4.78, 5) is 17.0. The average molecular weight is 165 g/mol. The molecule has 0 radical (unpaired) electrons. The summed E-state index contributed by atoms with van der Waals surface area (Å²) in [5.41, 5.74) is 7.64. The van der Waals surface area contributed by atoms with E-state index < -0.39 is 0 Å². The highest BCUT2D eigenvalue weighted by Gasteiger charge is 1.91. The van der Waals surface area contributed by atoms with Crippen molar-refractivity contribution >= 4 is 0 Å². The zero-order valence-electron chi connectivity index (χ0n) is 6.29. The van der Waals surface area contributed by atoms with Crippen molar-refractivity contribution in [2.45, 2.75) is 6.54 Å². The fourth-order valence-corrected chi connectivity index (χ4v) is 0.754. The fraction of sp³-hybridized carbons (Fsp3) is 0.333. The average Bonchev–Trinajstić information content (AvgIpc) is 2.09. The summed E-state index contributed by atoms with van der Waals surface area (Å²) in [6.07, 6.45) is 3.02. The molecule has 0 bridgehead atoms. The van der Waals surface area contributed by atoms with Crippen LogP contribution >= 0.6 is 0 Å². The Kier molecular flexibility index (Phi) is 2.87. The van der Waals surface area contributed by atoms with Crippen LogP contribution < -0.4 is 5.69 Å². The van der Waals surface area contributed by atoms with Crippen LogP contribution in [0.5, 0.6) is 0 Å². The molecule has 0 aromatic carbocycles. The monoisotopic (exact) mass is 165 g/mol. The summed E-state index contributed by atoms with van der Waals surface area (Å²) in [7, 11) is 0. The van der Waals surface area contributed by atoms with Crippen molar-refractivity contribution in [2.24, 2.45) is 5.11 Å². The number of azide groups is 1. The molecule has 62 valence electrons. The second-order valence-corrected chi connectivity index (χ2v) is 2.05. The van der Waals surface area contributed by atoms with Gasteiger partial charge in [0.15, 0.2) is 0 Å². The molecule has 0 saturated heterocycles. The van der Waals surface area contributed by atoms with Crippen LogP contribution in [0.2, 0.25) is 0 Å². The number of nitrogens with zero attached hydrogens (tertiary/aromatic N) is 5. The van der Waals surface area contributed by atoms with Gasteiger partial charge < -0.3 is 0 Å². The fourth-order valence-electron chi connectivity index (χ4n) is 0.754. The highest BCUT2D eigenvalue weighted by atomic mass is 16.1. The topological polar surface area (TPSA) is 83.7 Å². The summed E-state index contributed by atoms with van der Waals surface area (Å²) < 4.78 is 1.38. The number of aromatic nitrogens is 2. The molecule has 0 saturated carbocycles. The molecule has 0 aliphatic carbocycles. The summed E-state index contributed by atoms with van der Waals surface area (Å²) in [5, 5.41) is 3.30. The van der Waals surface area contributed by atoms with Gasteiger partial charge in [-0.15, -0.1) is 0 Å². The Hall–Kier alpha value is -1.81. The third-order valence-corrected chi connectivity index (χ3v) is 1.29. The van der Waals surface area contributed by atoms with Gasteiger partial charge in [-0.25, -0.2) is 9.78 Å². The van der Waals surface area contributed by atoms with Crippen LogP contribution in [0.15, 0.2) is 28.4 Å². The highest BCUT2D eigenvalue weighted by Crippen LogP contribution is 1.80. The van der Waals surface area contributed by atoms with Crippen molar-refractivity contribution in [3.8, 4) is 0 Å². The standard InChI is InChI=1S/C6H7N5O/c7-10-9-3-5-11-4-1-2-8-6(11)12/h1-2,4H,3,5H2. The first-order valence-corrected chi connectivity index (χ1v) is 3.37. The Morgan fingerprint density at radius 1 is 1.75 bits per heavy atom. The Morgan fingerprint density at radius 2 is 2.58 bits per heavy atom. The molecule has 0 aliphatic rings. The molecule has 0 unspecified atom stereocenters. The molecule has 0 spiro atoms. The van der Waals surface area contributed by atoms with Gasteiger partial charge in [-0.2, -0.15) is 0 Å². The molecule has 0 amide bonds. The maximum atomic E-state index is 10.9.